The number of nitrogens with one attached hydrogen (secondary N) is 1. The lowest BCUT2D eigenvalue weighted by molar-refractivity contribution is -0.143. The molecule has 0 saturated carbocycles. The van der Waals surface area contributed by atoms with Crippen LogP contribution in [0.3, 0.4) is 0 Å². The Labute approximate surface area is 192 Å². The van der Waals surface area contributed by atoms with Crippen molar-refractivity contribution in [3.8, 4) is 0 Å². The molecule has 3 N–H and O–H groups in total. The van der Waals surface area contributed by atoms with Crippen molar-refractivity contribution >= 4 is 29.6 Å². The molecule has 0 rings (SSSR count). The van der Waals surface area contributed by atoms with Gasteiger partial charge in [0.2, 0.25) is 5.91 Å². The third-order valence-corrected chi connectivity index (χ3v) is 5.47. The van der Waals surface area contributed by atoms with Crippen molar-refractivity contribution in [1.29, 1.82) is 0 Å². The second-order valence-electron chi connectivity index (χ2n) is 7.90. The summed E-state index contributed by atoms with van der Waals surface area (Å²) in [7, 11) is 0. The molecular formula is C24H41NO5S. The molecule has 1 unspecified atom stereocenters. The minimum Gasteiger partial charge on any atom is -0.481 e. The zero-order valence-corrected chi connectivity index (χ0v) is 19.7. The Morgan fingerprint density at radius 2 is 1.48 bits per heavy atom. The maximum absolute atomic E-state index is 11.9. The molecule has 6 nitrogen and oxygen atoms in total. The molecule has 31 heavy (non-hydrogen) atoms. The van der Waals surface area contributed by atoms with Crippen LogP contribution in [0.2, 0.25) is 0 Å². The molecule has 0 aromatic carbocycles. The highest BCUT2D eigenvalue weighted by atomic mass is 32.2. The molecule has 0 aliphatic rings. The van der Waals surface area contributed by atoms with E-state index >= 15 is 0 Å². The van der Waals surface area contributed by atoms with E-state index in [9.17, 15) is 19.5 Å². The molecule has 0 heterocycles. The Morgan fingerprint density at radius 1 is 0.935 bits per heavy atom. The summed E-state index contributed by atoms with van der Waals surface area (Å²) in [6.07, 6.45) is 10.4. The molecule has 0 aliphatic heterocycles. The van der Waals surface area contributed by atoms with Crippen LogP contribution in [0, 0.1) is 5.92 Å². The van der Waals surface area contributed by atoms with Crippen LogP contribution in [-0.2, 0) is 14.4 Å². The van der Waals surface area contributed by atoms with E-state index < -0.39 is 29.8 Å². The summed E-state index contributed by atoms with van der Waals surface area (Å²) in [6, 6.07) is -1.03. The van der Waals surface area contributed by atoms with Crippen molar-refractivity contribution in [2.24, 2.45) is 5.92 Å². The van der Waals surface area contributed by atoms with Crippen molar-refractivity contribution < 1.29 is 24.6 Å². The van der Waals surface area contributed by atoms with Gasteiger partial charge in [0.1, 0.15) is 6.04 Å². The molecule has 0 spiro atoms. The van der Waals surface area contributed by atoms with Gasteiger partial charge in [0.15, 0.2) is 0 Å². The Bertz CT molecular complexity index is 663. The van der Waals surface area contributed by atoms with Gasteiger partial charge in [-0.3, -0.25) is 9.59 Å². The van der Waals surface area contributed by atoms with E-state index in [1.807, 2.05) is 0 Å². The first-order chi connectivity index (χ1) is 14.0. The lowest BCUT2D eigenvalue weighted by Gasteiger charge is -2.16. The Kier molecular flexibility index (Phi) is 17.7. The number of carboxylic acids is 2. The van der Waals surface area contributed by atoms with E-state index in [4.69, 9.17) is 5.11 Å². The van der Waals surface area contributed by atoms with Crippen LogP contribution < -0.4 is 5.32 Å². The van der Waals surface area contributed by atoms with Gasteiger partial charge < -0.3 is 15.5 Å². The third kappa shape index (κ3) is 17.4. The first-order valence-corrected chi connectivity index (χ1v) is 11.5. The maximum Gasteiger partial charge on any atom is 0.327 e. The van der Waals surface area contributed by atoms with Gasteiger partial charge in [-0.05, 0) is 53.4 Å². The molecular weight excluding hydrogens is 414 g/mol. The highest BCUT2D eigenvalue weighted by Crippen LogP contribution is 2.13. The van der Waals surface area contributed by atoms with E-state index in [0.717, 1.165) is 25.7 Å². The number of rotatable bonds is 15. The van der Waals surface area contributed by atoms with Gasteiger partial charge in [-0.1, -0.05) is 49.3 Å². The number of carboxylic acid groups (broad SMARTS) is 2. The molecule has 0 aromatic heterocycles. The summed E-state index contributed by atoms with van der Waals surface area (Å²) >= 11 is 1.43. The molecule has 7 heteroatoms. The molecule has 1 amide bonds. The quantitative estimate of drug-likeness (QED) is 0.224. The fourth-order valence-corrected chi connectivity index (χ4v) is 3.57. The average molecular weight is 456 g/mol. The summed E-state index contributed by atoms with van der Waals surface area (Å²) in [5.74, 6) is -2.63. The molecule has 0 fully saturated rings. The summed E-state index contributed by atoms with van der Waals surface area (Å²) in [5, 5.41) is 20.4. The van der Waals surface area contributed by atoms with E-state index in [1.165, 1.54) is 35.4 Å². The Morgan fingerprint density at radius 3 is 2.00 bits per heavy atom. The fourth-order valence-electron chi connectivity index (χ4n) is 2.57. The molecule has 178 valence electrons. The highest BCUT2D eigenvalue weighted by Gasteiger charge is 2.24. The van der Waals surface area contributed by atoms with Gasteiger partial charge in [0.05, 0.1) is 6.42 Å². The monoisotopic (exact) mass is 455 g/mol. The zero-order chi connectivity index (χ0) is 23.1. The number of thioether (sulfide) groups is 1. The number of carbonyl (C=O) groups is 3. The Balaban J connectivity index is 0. The van der Waals surface area contributed by atoms with E-state index in [1.54, 1.807) is 0 Å². The standard InChI is InChI=1S/C23H37NO5S.CH4/c1-16(2)8-6-9-17(3)10-7-11-18(4)12-13-30-15-20(23(28)29)24-22(27)19(5)14-21(25)26;/h8,10,12,19-20H,6-7,9,11,13-15H2,1-5H3,(H,24,27)(H,25,26)(H,28,29);1H4/b17-10+,18-12+;/t19?,20-;/m0./s1. The highest BCUT2D eigenvalue weighted by molar-refractivity contribution is 7.99. The van der Waals surface area contributed by atoms with Crippen LogP contribution in [0.1, 0.15) is 74.1 Å². The third-order valence-electron chi connectivity index (χ3n) is 4.50. The van der Waals surface area contributed by atoms with Crippen molar-refractivity contribution in [2.45, 2.75) is 80.2 Å². The van der Waals surface area contributed by atoms with Gasteiger partial charge >= 0.3 is 11.9 Å². The Hall–Kier alpha value is -2.02. The lowest BCUT2D eigenvalue weighted by atomic mass is 10.1. The van der Waals surface area contributed by atoms with Gasteiger partial charge in [0, 0.05) is 17.4 Å². The van der Waals surface area contributed by atoms with Crippen molar-refractivity contribution in [3.05, 3.63) is 34.9 Å². The van der Waals surface area contributed by atoms with Gasteiger partial charge in [-0.2, -0.15) is 11.8 Å². The predicted octanol–water partition coefficient (Wildman–Crippen LogP) is 5.46. The van der Waals surface area contributed by atoms with Crippen molar-refractivity contribution in [3.63, 3.8) is 0 Å². The molecule has 0 saturated heterocycles. The van der Waals surface area contributed by atoms with Crippen LogP contribution in [0.5, 0.6) is 0 Å². The summed E-state index contributed by atoms with van der Waals surface area (Å²) < 4.78 is 0. The van der Waals surface area contributed by atoms with Gasteiger partial charge in [-0.15, -0.1) is 0 Å². The van der Waals surface area contributed by atoms with Gasteiger partial charge in [0.25, 0.3) is 0 Å². The van der Waals surface area contributed by atoms with E-state index in [0.29, 0.717) is 5.75 Å². The zero-order valence-electron chi connectivity index (χ0n) is 18.9. The smallest absolute Gasteiger partial charge is 0.327 e. The number of allylic oxidation sites excluding steroid dienone is 5. The second-order valence-corrected chi connectivity index (χ2v) is 8.97. The number of amides is 1. The predicted molar refractivity (Wildman–Crippen MR) is 130 cm³/mol. The normalized spacial score (nSPS) is 13.6. The lowest BCUT2D eigenvalue weighted by Crippen LogP contribution is -2.45. The molecule has 0 aromatic rings. The fraction of sp³-hybridized carbons (Fsp3) is 0.625. The van der Waals surface area contributed by atoms with Crippen LogP contribution in [0.15, 0.2) is 34.9 Å². The summed E-state index contributed by atoms with van der Waals surface area (Å²) in [6.45, 7) is 9.91. The largest absolute Gasteiger partial charge is 0.481 e. The van der Waals surface area contributed by atoms with E-state index in [2.05, 4.69) is 51.2 Å². The second kappa shape index (κ2) is 17.6. The van der Waals surface area contributed by atoms with Crippen LogP contribution >= 0.6 is 11.8 Å². The molecule has 2 atom stereocenters. The first kappa shape index (κ1) is 31.2. The molecule has 0 radical (unpaired) electrons. The van der Waals surface area contributed by atoms with Crippen LogP contribution in [0.25, 0.3) is 0 Å². The minimum absolute atomic E-state index is 0. The first-order valence-electron chi connectivity index (χ1n) is 10.3. The number of hydrogen-bond acceptors (Lipinski definition) is 4. The van der Waals surface area contributed by atoms with Crippen molar-refractivity contribution in [2.75, 3.05) is 11.5 Å². The average Bonchev–Trinajstić information content (AvgIpc) is 2.62. The SMILES string of the molecule is C.CC(C)=CCC/C(C)=C/CC/C(C)=C/CSC[C@H](NC(=O)C(C)CC(=O)O)C(=O)O. The van der Waals surface area contributed by atoms with Crippen molar-refractivity contribution in [1.82, 2.24) is 5.32 Å². The topological polar surface area (TPSA) is 104 Å². The van der Waals surface area contributed by atoms with E-state index in [-0.39, 0.29) is 19.6 Å². The van der Waals surface area contributed by atoms with Gasteiger partial charge in [-0.25, -0.2) is 4.79 Å². The summed E-state index contributed by atoms with van der Waals surface area (Å²) in [5.41, 5.74) is 3.99. The molecule has 0 bridgehead atoms. The number of carbonyl (C=O) groups excluding carboxylic acids is 1. The minimum atomic E-state index is -1.12. The summed E-state index contributed by atoms with van der Waals surface area (Å²) in [4.78, 5) is 34.0. The maximum atomic E-state index is 11.9. The number of aliphatic carboxylic acids is 2. The molecule has 0 aliphatic carbocycles. The van der Waals surface area contributed by atoms with Crippen LogP contribution in [-0.4, -0.2) is 45.6 Å². The van der Waals surface area contributed by atoms with Crippen LogP contribution in [0.4, 0.5) is 0 Å². The number of hydrogen-bond donors (Lipinski definition) is 3.